The van der Waals surface area contributed by atoms with Crippen LogP contribution >= 0.6 is 34.4 Å². The van der Waals surface area contributed by atoms with Crippen LogP contribution in [0.25, 0.3) is 22.5 Å². The average molecular weight is 584 g/mol. The molecule has 4 aromatic rings. The van der Waals surface area contributed by atoms with Gasteiger partial charge in [0.25, 0.3) is 5.91 Å². The molecule has 0 atom stereocenters. The molecule has 3 heterocycles. The van der Waals surface area contributed by atoms with Crippen molar-refractivity contribution in [3.63, 3.8) is 0 Å². The molecule has 9 nitrogen and oxygen atoms in total. The Morgan fingerprint density at radius 3 is 2.51 bits per heavy atom. The van der Waals surface area contributed by atoms with Gasteiger partial charge in [-0.1, -0.05) is 42.1 Å². The fourth-order valence-electron chi connectivity index (χ4n) is 4.11. The van der Waals surface area contributed by atoms with Gasteiger partial charge in [-0.25, -0.2) is 4.79 Å². The summed E-state index contributed by atoms with van der Waals surface area (Å²) in [5, 5.41) is 14.5. The van der Waals surface area contributed by atoms with E-state index in [9.17, 15) is 14.4 Å². The fraction of sp³-hybridized carbons (Fsp3) is 0.296. The zero-order valence-electron chi connectivity index (χ0n) is 22.2. The van der Waals surface area contributed by atoms with E-state index in [2.05, 4.69) is 40.0 Å². The number of anilines is 1. The number of hydrogen-bond acceptors (Lipinski definition) is 9. The van der Waals surface area contributed by atoms with E-state index in [1.165, 1.54) is 16.6 Å². The molecule has 0 aliphatic rings. The van der Waals surface area contributed by atoms with Crippen molar-refractivity contribution in [2.45, 2.75) is 52.4 Å². The van der Waals surface area contributed by atoms with Crippen molar-refractivity contribution in [3.05, 3.63) is 56.6 Å². The number of benzene rings is 1. The monoisotopic (exact) mass is 583 g/mol. The molecular weight excluding hydrogens is 555 g/mol. The normalized spacial score (nSPS) is 11.1. The van der Waals surface area contributed by atoms with Crippen molar-refractivity contribution in [1.82, 2.24) is 14.8 Å². The minimum absolute atomic E-state index is 0.0217. The molecule has 4 rings (SSSR count). The van der Waals surface area contributed by atoms with E-state index in [0.29, 0.717) is 17.3 Å². The minimum Gasteiger partial charge on any atom is -0.459 e. The molecule has 2 amide bonds. The summed E-state index contributed by atoms with van der Waals surface area (Å²) in [4.78, 5) is 38.9. The quantitative estimate of drug-likeness (QED) is 0.179. The van der Waals surface area contributed by atoms with Crippen LogP contribution in [0.4, 0.5) is 5.00 Å². The topological polar surface area (TPSA) is 129 Å². The number of amides is 2. The summed E-state index contributed by atoms with van der Waals surface area (Å²) in [5.74, 6) is -0.895. The lowest BCUT2D eigenvalue weighted by Crippen LogP contribution is -2.18. The van der Waals surface area contributed by atoms with Gasteiger partial charge >= 0.3 is 5.97 Å². The van der Waals surface area contributed by atoms with Crippen LogP contribution in [0.15, 0.2) is 40.9 Å². The Bertz CT molecular complexity index is 1520. The Labute approximate surface area is 238 Å². The fourth-order valence-corrected chi connectivity index (χ4v) is 6.84. The first-order valence-electron chi connectivity index (χ1n) is 12.3. The third-order valence-corrected chi connectivity index (χ3v) is 8.91. The van der Waals surface area contributed by atoms with Crippen LogP contribution in [0.1, 0.15) is 51.2 Å². The van der Waals surface area contributed by atoms with Crippen LogP contribution in [0.2, 0.25) is 0 Å². The summed E-state index contributed by atoms with van der Waals surface area (Å²) in [6.45, 7) is 9.77. The SMILES string of the molecule is CCn1c(SCC(=O)Nc2sc(C(N)=O)c(C)c2C(=O)OC(C)C)nnc1-c1csc(C)c1-c1ccccc1. The van der Waals surface area contributed by atoms with Gasteiger partial charge in [0.2, 0.25) is 5.91 Å². The van der Waals surface area contributed by atoms with E-state index in [1.807, 2.05) is 29.7 Å². The molecule has 0 aliphatic heterocycles. The Kier molecular flexibility index (Phi) is 8.88. The van der Waals surface area contributed by atoms with Gasteiger partial charge < -0.3 is 20.4 Å². The highest BCUT2D eigenvalue weighted by Crippen LogP contribution is 2.39. The van der Waals surface area contributed by atoms with E-state index in [4.69, 9.17) is 10.5 Å². The standard InChI is InChI=1S/C27H29N5O4S3/c1-6-32-24(18-12-37-16(5)21(18)17-10-8-7-9-11-17)30-31-27(32)38-13-19(33)29-25-20(26(35)36-14(2)3)15(4)22(39-25)23(28)34/h7-12,14H,6,13H2,1-5H3,(H2,28,34)(H,29,33). The number of thioether (sulfide) groups is 1. The molecule has 1 aromatic carbocycles. The average Bonchev–Trinajstić information content (AvgIpc) is 3.57. The molecule has 0 bridgehead atoms. The van der Waals surface area contributed by atoms with Crippen LogP contribution < -0.4 is 11.1 Å². The summed E-state index contributed by atoms with van der Waals surface area (Å²) < 4.78 is 7.30. The third kappa shape index (κ3) is 6.07. The van der Waals surface area contributed by atoms with Gasteiger partial charge in [0.15, 0.2) is 11.0 Å². The van der Waals surface area contributed by atoms with E-state index in [0.717, 1.165) is 33.9 Å². The van der Waals surface area contributed by atoms with Gasteiger partial charge in [-0.15, -0.1) is 32.9 Å². The second-order valence-corrected chi connectivity index (χ2v) is 12.0. The highest BCUT2D eigenvalue weighted by Gasteiger charge is 2.27. The number of esters is 1. The predicted octanol–water partition coefficient (Wildman–Crippen LogP) is 5.77. The number of aryl methyl sites for hydroxylation is 1. The number of rotatable bonds is 10. The van der Waals surface area contributed by atoms with E-state index in [-0.39, 0.29) is 33.2 Å². The lowest BCUT2D eigenvalue weighted by molar-refractivity contribution is -0.113. The summed E-state index contributed by atoms with van der Waals surface area (Å²) in [5.41, 5.74) is 9.23. The minimum atomic E-state index is -0.673. The second-order valence-electron chi connectivity index (χ2n) is 8.91. The third-order valence-electron chi connectivity index (χ3n) is 5.81. The van der Waals surface area contributed by atoms with Gasteiger partial charge in [0.05, 0.1) is 22.3 Å². The molecule has 39 heavy (non-hydrogen) atoms. The zero-order chi connectivity index (χ0) is 28.3. The predicted molar refractivity (Wildman–Crippen MR) is 157 cm³/mol. The number of primary amides is 1. The molecule has 12 heteroatoms. The highest BCUT2D eigenvalue weighted by atomic mass is 32.2. The first kappa shape index (κ1) is 28.5. The molecule has 0 radical (unpaired) electrons. The number of carbonyl (C=O) groups excluding carboxylic acids is 3. The van der Waals surface area contributed by atoms with Gasteiger partial charge in [0, 0.05) is 27.9 Å². The Balaban J connectivity index is 1.55. The number of nitrogens with one attached hydrogen (secondary N) is 1. The second kappa shape index (κ2) is 12.1. The molecule has 0 unspecified atom stereocenters. The van der Waals surface area contributed by atoms with E-state index < -0.39 is 11.9 Å². The van der Waals surface area contributed by atoms with E-state index >= 15 is 0 Å². The molecule has 0 aliphatic carbocycles. The van der Waals surface area contributed by atoms with Crippen molar-refractivity contribution in [1.29, 1.82) is 0 Å². The van der Waals surface area contributed by atoms with Crippen molar-refractivity contribution in [2.75, 3.05) is 11.1 Å². The number of carbonyl (C=O) groups is 3. The lowest BCUT2D eigenvalue weighted by Gasteiger charge is -2.11. The molecular formula is C27H29N5O4S3. The van der Waals surface area contributed by atoms with Crippen LogP contribution in [0, 0.1) is 13.8 Å². The maximum absolute atomic E-state index is 12.9. The maximum Gasteiger partial charge on any atom is 0.341 e. The number of thiophene rings is 2. The number of aromatic nitrogens is 3. The van der Waals surface area contributed by atoms with Gasteiger partial charge in [-0.3, -0.25) is 9.59 Å². The lowest BCUT2D eigenvalue weighted by atomic mass is 10.0. The molecule has 204 valence electrons. The van der Waals surface area contributed by atoms with Crippen molar-refractivity contribution in [2.24, 2.45) is 5.73 Å². The number of ether oxygens (including phenoxy) is 1. The maximum atomic E-state index is 12.9. The Morgan fingerprint density at radius 2 is 1.87 bits per heavy atom. The number of hydrogen-bond donors (Lipinski definition) is 2. The molecule has 0 saturated heterocycles. The number of nitrogens with two attached hydrogens (primary N) is 1. The molecule has 3 aromatic heterocycles. The first-order chi connectivity index (χ1) is 18.6. The van der Waals surface area contributed by atoms with Gasteiger partial charge in [-0.05, 0) is 45.7 Å². The summed E-state index contributed by atoms with van der Waals surface area (Å²) in [6, 6.07) is 10.2. The van der Waals surface area contributed by atoms with Crippen LogP contribution in [-0.4, -0.2) is 44.4 Å². The zero-order valence-corrected chi connectivity index (χ0v) is 24.7. The van der Waals surface area contributed by atoms with Gasteiger partial charge in [0.1, 0.15) is 5.00 Å². The Morgan fingerprint density at radius 1 is 1.15 bits per heavy atom. The first-order valence-corrected chi connectivity index (χ1v) is 14.9. The highest BCUT2D eigenvalue weighted by molar-refractivity contribution is 7.99. The van der Waals surface area contributed by atoms with Crippen molar-refractivity contribution < 1.29 is 19.1 Å². The molecule has 0 spiro atoms. The van der Waals surface area contributed by atoms with Crippen LogP contribution in [-0.2, 0) is 16.1 Å². The number of nitrogens with zero attached hydrogens (tertiary/aromatic N) is 3. The smallest absolute Gasteiger partial charge is 0.341 e. The summed E-state index contributed by atoms with van der Waals surface area (Å²) in [7, 11) is 0. The van der Waals surface area contributed by atoms with E-state index in [1.54, 1.807) is 32.1 Å². The van der Waals surface area contributed by atoms with Crippen LogP contribution in [0.3, 0.4) is 0 Å². The van der Waals surface area contributed by atoms with Gasteiger partial charge in [-0.2, -0.15) is 0 Å². The van der Waals surface area contributed by atoms with Crippen LogP contribution in [0.5, 0.6) is 0 Å². The molecule has 3 N–H and O–H groups in total. The van der Waals surface area contributed by atoms with Crippen molar-refractivity contribution >= 4 is 57.2 Å². The van der Waals surface area contributed by atoms with Crippen molar-refractivity contribution in [3.8, 4) is 22.5 Å². The molecule has 0 fully saturated rings. The summed E-state index contributed by atoms with van der Waals surface area (Å²) >= 11 is 3.86. The molecule has 0 saturated carbocycles. The Hall–Kier alpha value is -3.48. The summed E-state index contributed by atoms with van der Waals surface area (Å²) in [6.07, 6.45) is -0.364. The largest absolute Gasteiger partial charge is 0.459 e.